The molecule has 0 radical (unpaired) electrons. The van der Waals surface area contributed by atoms with Gasteiger partial charge in [0, 0.05) is 18.7 Å². The molecule has 0 bridgehead atoms. The minimum atomic E-state index is -1.03. The van der Waals surface area contributed by atoms with Gasteiger partial charge in [-0.15, -0.1) is 0 Å². The van der Waals surface area contributed by atoms with Crippen LogP contribution in [0, 0.1) is 20.8 Å². The number of aromatic hydroxyl groups is 1. The van der Waals surface area contributed by atoms with Crippen molar-refractivity contribution in [2.75, 3.05) is 11.9 Å². The molecule has 0 fully saturated rings. The van der Waals surface area contributed by atoms with E-state index in [0.717, 1.165) is 40.7 Å². The molecule has 236 valence electrons. The number of hydrogen-bond donors (Lipinski definition) is 3. The second kappa shape index (κ2) is 15.4. The third-order valence-electron chi connectivity index (χ3n) is 7.34. The van der Waals surface area contributed by atoms with Crippen LogP contribution in [0.15, 0.2) is 66.7 Å². The molecule has 0 aromatic heterocycles. The van der Waals surface area contributed by atoms with E-state index in [2.05, 4.69) is 17.6 Å². The summed E-state index contributed by atoms with van der Waals surface area (Å²) in [7, 11) is 0. The topological polar surface area (TPSA) is 108 Å². The lowest BCUT2D eigenvalue weighted by molar-refractivity contribution is -0.140. The molecular weight excluding hydrogens is 554 g/mol. The van der Waals surface area contributed by atoms with E-state index in [1.807, 2.05) is 63.2 Å². The molecule has 44 heavy (non-hydrogen) atoms. The molecule has 2 atom stereocenters. The van der Waals surface area contributed by atoms with Crippen molar-refractivity contribution in [2.24, 2.45) is 0 Å². The molecule has 0 saturated heterocycles. The van der Waals surface area contributed by atoms with E-state index < -0.39 is 29.7 Å². The molecule has 3 rings (SSSR count). The van der Waals surface area contributed by atoms with Crippen molar-refractivity contribution in [3.8, 4) is 5.75 Å². The Balaban J connectivity index is 2.12. The Morgan fingerprint density at radius 3 is 2.23 bits per heavy atom. The van der Waals surface area contributed by atoms with Crippen LogP contribution in [0.25, 0.3) is 0 Å². The number of amides is 3. The van der Waals surface area contributed by atoms with Gasteiger partial charge in [-0.1, -0.05) is 73.9 Å². The number of alkyl carbamates (subject to hydrolysis) is 1. The Morgan fingerprint density at radius 1 is 0.909 bits per heavy atom. The summed E-state index contributed by atoms with van der Waals surface area (Å²) in [5.41, 5.74) is 4.10. The summed E-state index contributed by atoms with van der Waals surface area (Å²) in [5, 5.41) is 15.7. The van der Waals surface area contributed by atoms with Gasteiger partial charge in [0.1, 0.15) is 23.4 Å². The molecule has 3 amide bonds. The normalized spacial score (nSPS) is 12.6. The Labute approximate surface area is 261 Å². The van der Waals surface area contributed by atoms with Gasteiger partial charge in [-0.05, 0) is 88.4 Å². The van der Waals surface area contributed by atoms with Crippen molar-refractivity contribution in [2.45, 2.75) is 91.8 Å². The van der Waals surface area contributed by atoms with E-state index in [1.54, 1.807) is 37.8 Å². The number of rotatable bonds is 12. The summed E-state index contributed by atoms with van der Waals surface area (Å²) in [4.78, 5) is 43.6. The van der Waals surface area contributed by atoms with Gasteiger partial charge in [-0.3, -0.25) is 9.59 Å². The minimum absolute atomic E-state index is 0.0979. The van der Waals surface area contributed by atoms with Crippen LogP contribution in [0.2, 0.25) is 0 Å². The first-order valence-corrected chi connectivity index (χ1v) is 15.3. The molecule has 0 spiro atoms. The molecule has 0 aliphatic carbocycles. The second-order valence-corrected chi connectivity index (χ2v) is 12.4. The standard InChI is InChI=1S/C36H47N3O5/c1-8-9-12-21-39(34(42)31(38-35(43)44-36(5,6)7)23-27-17-19-28(40)20-18-27)32(29-22-24(2)15-16-25(29)3)33(41)37-30-14-11-10-13-26(30)4/h10-11,13-20,22,31-32,40H,8-9,12,21,23H2,1-7H3,(H,37,41)(H,38,43). The molecule has 0 aliphatic rings. The first-order chi connectivity index (χ1) is 20.8. The molecule has 0 aliphatic heterocycles. The number of aryl methyl sites for hydroxylation is 3. The fraction of sp³-hybridized carbons (Fsp3) is 0.417. The maximum atomic E-state index is 14.7. The summed E-state index contributed by atoms with van der Waals surface area (Å²) in [6, 6.07) is 17.9. The van der Waals surface area contributed by atoms with Crippen LogP contribution in [0.4, 0.5) is 10.5 Å². The number of unbranched alkanes of at least 4 members (excludes halogenated alkanes) is 2. The number of para-hydroxylation sites is 1. The lowest BCUT2D eigenvalue weighted by atomic mass is 9.95. The molecule has 2 unspecified atom stereocenters. The van der Waals surface area contributed by atoms with Gasteiger partial charge < -0.3 is 25.4 Å². The highest BCUT2D eigenvalue weighted by Gasteiger charge is 2.37. The predicted octanol–water partition coefficient (Wildman–Crippen LogP) is 7.15. The number of hydrogen-bond acceptors (Lipinski definition) is 5. The number of phenols is 1. The van der Waals surface area contributed by atoms with Gasteiger partial charge in [0.05, 0.1) is 0 Å². The molecule has 8 nitrogen and oxygen atoms in total. The van der Waals surface area contributed by atoms with Crippen molar-refractivity contribution in [1.82, 2.24) is 10.2 Å². The largest absolute Gasteiger partial charge is 0.508 e. The molecular formula is C36H47N3O5. The number of phenolic OH excluding ortho intramolecular Hbond substituents is 1. The van der Waals surface area contributed by atoms with Crippen LogP contribution >= 0.6 is 0 Å². The zero-order valence-corrected chi connectivity index (χ0v) is 27.1. The lowest BCUT2D eigenvalue weighted by Crippen LogP contribution is -2.53. The number of benzene rings is 3. The Morgan fingerprint density at radius 2 is 1.59 bits per heavy atom. The first-order valence-electron chi connectivity index (χ1n) is 15.3. The number of carbonyl (C=O) groups is 3. The van der Waals surface area contributed by atoms with Crippen LogP contribution in [-0.4, -0.2) is 46.1 Å². The average Bonchev–Trinajstić information content (AvgIpc) is 2.95. The number of anilines is 1. The smallest absolute Gasteiger partial charge is 0.408 e. The predicted molar refractivity (Wildman–Crippen MR) is 175 cm³/mol. The summed E-state index contributed by atoms with van der Waals surface area (Å²) in [5.74, 6) is -0.634. The van der Waals surface area contributed by atoms with Gasteiger partial charge in [0.25, 0.3) is 5.91 Å². The van der Waals surface area contributed by atoms with Crippen LogP contribution in [0.3, 0.4) is 0 Å². The number of nitrogens with one attached hydrogen (secondary N) is 2. The maximum Gasteiger partial charge on any atom is 0.408 e. The Kier molecular flexibility index (Phi) is 12.0. The van der Waals surface area contributed by atoms with E-state index in [9.17, 15) is 19.5 Å². The fourth-order valence-corrected chi connectivity index (χ4v) is 5.04. The number of ether oxygens (including phenoxy) is 1. The maximum absolute atomic E-state index is 14.7. The highest BCUT2D eigenvalue weighted by atomic mass is 16.6. The van der Waals surface area contributed by atoms with Crippen molar-refractivity contribution in [1.29, 1.82) is 0 Å². The summed E-state index contributed by atoms with van der Waals surface area (Å²) in [6.45, 7) is 13.5. The summed E-state index contributed by atoms with van der Waals surface area (Å²) < 4.78 is 5.53. The second-order valence-electron chi connectivity index (χ2n) is 12.4. The SMILES string of the molecule is CCCCCN(C(=O)C(Cc1ccc(O)cc1)NC(=O)OC(C)(C)C)C(C(=O)Nc1ccccc1C)c1cc(C)ccc1C. The third kappa shape index (κ3) is 9.86. The highest BCUT2D eigenvalue weighted by Crippen LogP contribution is 2.29. The zero-order chi connectivity index (χ0) is 32.4. The van der Waals surface area contributed by atoms with E-state index in [-0.39, 0.29) is 18.1 Å². The van der Waals surface area contributed by atoms with Crippen molar-refractivity contribution < 1.29 is 24.2 Å². The van der Waals surface area contributed by atoms with Crippen molar-refractivity contribution >= 4 is 23.6 Å². The minimum Gasteiger partial charge on any atom is -0.508 e. The van der Waals surface area contributed by atoms with Gasteiger partial charge in [-0.25, -0.2) is 4.79 Å². The van der Waals surface area contributed by atoms with E-state index >= 15 is 0 Å². The summed E-state index contributed by atoms with van der Waals surface area (Å²) >= 11 is 0. The molecule has 8 heteroatoms. The highest BCUT2D eigenvalue weighted by molar-refractivity contribution is 5.99. The van der Waals surface area contributed by atoms with Crippen LogP contribution < -0.4 is 10.6 Å². The molecule has 3 N–H and O–H groups in total. The van der Waals surface area contributed by atoms with Gasteiger partial charge in [-0.2, -0.15) is 0 Å². The van der Waals surface area contributed by atoms with Crippen LogP contribution in [0.1, 0.15) is 80.8 Å². The monoisotopic (exact) mass is 601 g/mol. The van der Waals surface area contributed by atoms with E-state index in [4.69, 9.17) is 4.74 Å². The van der Waals surface area contributed by atoms with Crippen LogP contribution in [0.5, 0.6) is 5.75 Å². The third-order valence-corrected chi connectivity index (χ3v) is 7.34. The van der Waals surface area contributed by atoms with Crippen molar-refractivity contribution in [3.05, 3.63) is 94.5 Å². The lowest BCUT2D eigenvalue weighted by Gasteiger charge is -2.35. The number of carbonyl (C=O) groups excluding carboxylic acids is 3. The Hall–Kier alpha value is -4.33. The first kappa shape index (κ1) is 34.2. The molecule has 0 saturated carbocycles. The zero-order valence-electron chi connectivity index (χ0n) is 27.1. The Bertz CT molecular complexity index is 1430. The summed E-state index contributed by atoms with van der Waals surface area (Å²) in [6.07, 6.45) is 1.89. The van der Waals surface area contributed by atoms with Crippen molar-refractivity contribution in [3.63, 3.8) is 0 Å². The van der Waals surface area contributed by atoms with E-state index in [1.165, 1.54) is 12.1 Å². The number of nitrogens with zero attached hydrogens (tertiary/aromatic N) is 1. The van der Waals surface area contributed by atoms with E-state index in [0.29, 0.717) is 18.7 Å². The van der Waals surface area contributed by atoms with Gasteiger partial charge in [0.2, 0.25) is 5.91 Å². The molecule has 3 aromatic rings. The molecule has 3 aromatic carbocycles. The van der Waals surface area contributed by atoms with Gasteiger partial charge in [0.15, 0.2) is 0 Å². The average molecular weight is 602 g/mol. The van der Waals surface area contributed by atoms with Crippen LogP contribution in [-0.2, 0) is 20.7 Å². The molecule has 0 heterocycles. The quantitative estimate of drug-likeness (QED) is 0.191. The fourth-order valence-electron chi connectivity index (χ4n) is 5.04. The van der Waals surface area contributed by atoms with Gasteiger partial charge >= 0.3 is 6.09 Å².